The Morgan fingerprint density at radius 1 is 0.750 bits per heavy atom. The minimum absolute atomic E-state index is 0.0776. The number of aromatic nitrogens is 4. The first kappa shape index (κ1) is 36.7. The van der Waals surface area contributed by atoms with E-state index in [9.17, 15) is 24.3 Å². The third-order valence-corrected chi connectivity index (χ3v) is 14.7. The number of thioether (sulfide) groups is 2. The van der Waals surface area contributed by atoms with E-state index < -0.39 is 5.97 Å². The number of carbonyl (C=O) groups is 4. The Morgan fingerprint density at radius 3 is 1.75 bits per heavy atom. The van der Waals surface area contributed by atoms with Gasteiger partial charge < -0.3 is 20.5 Å². The fourth-order valence-electron chi connectivity index (χ4n) is 7.73. The Bertz CT molecular complexity index is 2610. The van der Waals surface area contributed by atoms with Crippen molar-refractivity contribution in [1.29, 1.82) is 0 Å². The number of nitrogens with one attached hydrogen (secondary N) is 2. The number of aliphatic carboxylic acids is 1. The summed E-state index contributed by atoms with van der Waals surface area (Å²) in [6, 6.07) is 11.9. The van der Waals surface area contributed by atoms with Gasteiger partial charge in [-0.05, 0) is 92.0 Å². The van der Waals surface area contributed by atoms with Gasteiger partial charge in [-0.1, -0.05) is 35.7 Å². The Morgan fingerprint density at radius 2 is 1.25 bits per heavy atom. The molecule has 284 valence electrons. The van der Waals surface area contributed by atoms with Crippen LogP contribution in [0.4, 0.5) is 23.0 Å². The highest BCUT2D eigenvalue weighted by molar-refractivity contribution is 8.14. The predicted molar refractivity (Wildman–Crippen MR) is 219 cm³/mol. The number of aryl methyl sites for hydroxylation is 2. The second kappa shape index (κ2) is 15.2. The third-order valence-electron chi connectivity index (χ3n) is 10.4. The number of nitrogens with zero attached hydrogens (tertiary/aromatic N) is 4. The summed E-state index contributed by atoms with van der Waals surface area (Å²) < 4.78 is 5.22. The predicted octanol–water partition coefficient (Wildman–Crippen LogP) is 8.08. The number of carbonyl (C=O) groups excluding carboxylic acids is 3. The number of hydrogen-bond acceptors (Lipinski definition) is 15. The fraction of sp³-hybridized carbons (Fsp3) is 0.300. The van der Waals surface area contributed by atoms with Crippen LogP contribution in [0, 0.1) is 11.8 Å². The van der Waals surface area contributed by atoms with Crippen molar-refractivity contribution in [2.75, 3.05) is 17.2 Å². The summed E-state index contributed by atoms with van der Waals surface area (Å²) in [7, 11) is 0. The van der Waals surface area contributed by atoms with Crippen molar-refractivity contribution in [3.8, 4) is 0 Å². The minimum Gasteiger partial charge on any atom is -0.481 e. The molecule has 4 aromatic heterocycles. The Balaban J connectivity index is 0.000000147. The van der Waals surface area contributed by atoms with Crippen LogP contribution in [0.1, 0.15) is 51.8 Å². The molecule has 0 saturated carbocycles. The number of hydrogen-bond donors (Lipinski definition) is 3. The number of esters is 1. The van der Waals surface area contributed by atoms with Crippen LogP contribution in [-0.4, -0.2) is 53.8 Å². The normalized spacial score (nSPS) is 18.1. The molecule has 6 heterocycles. The van der Waals surface area contributed by atoms with Crippen molar-refractivity contribution in [2.45, 2.75) is 68.1 Å². The van der Waals surface area contributed by atoms with Crippen LogP contribution < -0.4 is 10.6 Å². The first-order valence-corrected chi connectivity index (χ1v) is 21.6. The monoisotopic (exact) mass is 822 g/mol. The molecule has 0 saturated heterocycles. The van der Waals surface area contributed by atoms with E-state index in [1.54, 1.807) is 29.0 Å². The highest BCUT2D eigenvalue weighted by Gasteiger charge is 2.31. The summed E-state index contributed by atoms with van der Waals surface area (Å²) in [6.07, 6.45) is 8.31. The smallest absolute Gasteiger partial charge is 0.309 e. The first-order chi connectivity index (χ1) is 27.2. The van der Waals surface area contributed by atoms with Crippen LogP contribution in [0.2, 0.25) is 0 Å². The lowest BCUT2D eigenvalue weighted by Crippen LogP contribution is -2.23. The van der Waals surface area contributed by atoms with Crippen LogP contribution in [0.25, 0.3) is 20.4 Å². The SMILES string of the molecule is CCOC(=O)C1CCc2c(sc3ncnc(Nc4ccc5c(c4)SC(=O)C5)c23)C1.O=C1Cc2ccc(Nc3ncnc4sc5c(c34)CCC(C(=O)O)C5)cc2S1. The van der Waals surface area contributed by atoms with Crippen LogP contribution in [-0.2, 0) is 62.4 Å². The minimum atomic E-state index is -0.729. The highest BCUT2D eigenvalue weighted by Crippen LogP contribution is 2.43. The molecule has 56 heavy (non-hydrogen) atoms. The van der Waals surface area contributed by atoms with E-state index in [1.807, 2.05) is 43.3 Å². The summed E-state index contributed by atoms with van der Waals surface area (Å²) >= 11 is 5.78. The number of carboxylic acid groups (broad SMARTS) is 1. The van der Waals surface area contributed by atoms with Crippen LogP contribution in [0.15, 0.2) is 58.8 Å². The standard InChI is InChI=1S/C21H19N3O3S2.C19H15N3O3S2/c1-2-27-21(26)12-4-6-14-16(7-12)29-20-18(14)19(22-10-23-20)24-13-5-3-11-8-17(25)28-15(11)9-13;23-15-6-9-1-3-11(7-13(9)26-15)22-17-16-12-4-2-10(19(24)25)5-14(12)27-18(16)21-8-20-17/h3,5,9-10,12H,2,4,6-8H2,1H3,(H,22,23,24);1,3,7-8,10H,2,4-6H2,(H,24,25)(H,20,21,22). The topological polar surface area (TPSA) is 173 Å². The van der Waals surface area contributed by atoms with Crippen LogP contribution in [0.3, 0.4) is 0 Å². The molecule has 2 aliphatic heterocycles. The lowest BCUT2D eigenvalue weighted by atomic mass is 9.88. The molecule has 2 aromatic carbocycles. The number of carboxylic acids is 1. The molecule has 0 bridgehead atoms. The number of thiophene rings is 2. The molecule has 12 nitrogen and oxygen atoms in total. The van der Waals surface area contributed by atoms with Crippen molar-refractivity contribution < 1.29 is 29.0 Å². The van der Waals surface area contributed by atoms with E-state index in [-0.39, 0.29) is 28.0 Å². The van der Waals surface area contributed by atoms with Gasteiger partial charge in [-0.2, -0.15) is 0 Å². The molecule has 2 unspecified atom stereocenters. The summed E-state index contributed by atoms with van der Waals surface area (Å²) in [4.78, 5) is 70.7. The Kier molecular flexibility index (Phi) is 9.98. The third kappa shape index (κ3) is 7.14. The highest BCUT2D eigenvalue weighted by atomic mass is 32.2. The van der Waals surface area contributed by atoms with Gasteiger partial charge in [-0.3, -0.25) is 19.2 Å². The van der Waals surface area contributed by atoms with E-state index >= 15 is 0 Å². The van der Waals surface area contributed by atoms with Crippen LogP contribution >= 0.6 is 46.2 Å². The van der Waals surface area contributed by atoms with Gasteiger partial charge in [-0.25, -0.2) is 19.9 Å². The zero-order chi connectivity index (χ0) is 38.5. The first-order valence-electron chi connectivity index (χ1n) is 18.3. The number of fused-ring (bicyclic) bond motifs is 8. The van der Waals surface area contributed by atoms with Gasteiger partial charge in [-0.15, -0.1) is 22.7 Å². The molecule has 0 radical (unpaired) electrons. The van der Waals surface area contributed by atoms with Gasteiger partial charge >= 0.3 is 11.9 Å². The molecule has 2 atom stereocenters. The largest absolute Gasteiger partial charge is 0.481 e. The molecular weight excluding hydrogens is 789 g/mol. The zero-order valence-electron chi connectivity index (χ0n) is 30.0. The van der Waals surface area contributed by atoms with Gasteiger partial charge in [0, 0.05) is 43.8 Å². The molecule has 4 aliphatic rings. The van der Waals surface area contributed by atoms with Gasteiger partial charge in [0.25, 0.3) is 0 Å². The Hall–Kier alpha value is -4.90. The summed E-state index contributed by atoms with van der Waals surface area (Å²) in [6.45, 7) is 2.26. The molecule has 16 heteroatoms. The maximum Gasteiger partial charge on any atom is 0.309 e. The molecular formula is C40H34N6O6S4. The van der Waals surface area contributed by atoms with Crippen molar-refractivity contribution in [1.82, 2.24) is 19.9 Å². The van der Waals surface area contributed by atoms with Gasteiger partial charge in [0.2, 0.25) is 0 Å². The average Bonchev–Trinajstić information content (AvgIpc) is 3.95. The lowest BCUT2D eigenvalue weighted by Gasteiger charge is -2.20. The van der Waals surface area contributed by atoms with Gasteiger partial charge in [0.1, 0.15) is 34.0 Å². The van der Waals surface area contributed by atoms with E-state index in [0.717, 1.165) is 88.5 Å². The second-order valence-electron chi connectivity index (χ2n) is 14.0. The summed E-state index contributed by atoms with van der Waals surface area (Å²) in [5.74, 6) is 0.280. The van der Waals surface area contributed by atoms with E-state index in [0.29, 0.717) is 38.7 Å². The molecule has 0 fully saturated rings. The zero-order valence-corrected chi connectivity index (χ0v) is 33.3. The number of anilines is 4. The van der Waals surface area contributed by atoms with Crippen LogP contribution in [0.5, 0.6) is 0 Å². The molecule has 6 aromatic rings. The number of benzene rings is 2. The van der Waals surface area contributed by atoms with E-state index in [1.165, 1.54) is 45.9 Å². The molecule has 0 amide bonds. The number of rotatable bonds is 7. The van der Waals surface area contributed by atoms with Crippen molar-refractivity contribution in [2.24, 2.45) is 11.8 Å². The maximum absolute atomic E-state index is 12.2. The molecule has 10 rings (SSSR count). The quantitative estimate of drug-likeness (QED) is 0.132. The molecule has 2 aliphatic carbocycles. The fourth-order valence-corrected chi connectivity index (χ4v) is 12.1. The van der Waals surface area contributed by atoms with Crippen molar-refractivity contribution in [3.63, 3.8) is 0 Å². The lowest BCUT2D eigenvalue weighted by molar-refractivity contribution is -0.148. The van der Waals surface area contributed by atoms with Crippen molar-refractivity contribution in [3.05, 3.63) is 81.1 Å². The second-order valence-corrected chi connectivity index (χ2v) is 18.3. The van der Waals surface area contributed by atoms with Crippen molar-refractivity contribution >= 4 is 112 Å². The number of ether oxygens (including phenoxy) is 1. The van der Waals surface area contributed by atoms with Gasteiger partial charge in [0.05, 0.1) is 29.2 Å². The van der Waals surface area contributed by atoms with E-state index in [2.05, 4.69) is 30.6 Å². The maximum atomic E-state index is 12.2. The Labute approximate surface area is 337 Å². The average molecular weight is 823 g/mol. The molecule has 0 spiro atoms. The van der Waals surface area contributed by atoms with E-state index in [4.69, 9.17) is 4.74 Å². The van der Waals surface area contributed by atoms with Gasteiger partial charge in [0.15, 0.2) is 10.2 Å². The summed E-state index contributed by atoms with van der Waals surface area (Å²) in [5, 5.41) is 18.5. The molecule has 3 N–H and O–H groups in total. The summed E-state index contributed by atoms with van der Waals surface area (Å²) in [5.41, 5.74) is 6.34.